The Hall–Kier alpha value is -1.36. The van der Waals surface area contributed by atoms with Gasteiger partial charge >= 0.3 is 6.09 Å². The third-order valence-corrected chi connectivity index (χ3v) is 1.00. The van der Waals surface area contributed by atoms with Crippen LogP contribution in [-0.4, -0.2) is 26.1 Å². The quantitative estimate of drug-likeness (QED) is 0.574. The molecule has 5 heteroatoms. The number of carbonyl (C=O) groups is 1. The summed E-state index contributed by atoms with van der Waals surface area (Å²) in [5, 5.41) is 20.3. The van der Waals surface area contributed by atoms with E-state index in [1.165, 1.54) is 12.3 Å². The molecule has 0 aliphatic rings. The number of aliphatic hydroxyl groups excluding tert-OH is 1. The lowest BCUT2D eigenvalue weighted by molar-refractivity contribution is 0.192. The molecule has 0 aliphatic carbocycles. The molecule has 0 aromatic carbocycles. The Balaban J connectivity index is 2.88. The molecule has 5 nitrogen and oxygen atoms in total. The maximum Gasteiger partial charge on any atom is 0.432 e. The van der Waals surface area contributed by atoms with Gasteiger partial charge in [0.2, 0.25) is 0 Å². The Bertz CT molecular complexity index is 243. The van der Waals surface area contributed by atoms with Gasteiger partial charge in [-0.3, -0.25) is 0 Å². The van der Waals surface area contributed by atoms with Crippen molar-refractivity contribution in [3.63, 3.8) is 0 Å². The predicted molar refractivity (Wildman–Crippen MR) is 31.6 cm³/mol. The van der Waals surface area contributed by atoms with E-state index in [0.717, 1.165) is 4.68 Å². The van der Waals surface area contributed by atoms with E-state index in [2.05, 4.69) is 5.10 Å². The molecule has 0 bridgehead atoms. The highest BCUT2D eigenvalue weighted by Gasteiger charge is 2.01. The molecule has 0 aliphatic heterocycles. The lowest BCUT2D eigenvalue weighted by atomic mass is 10.5. The summed E-state index contributed by atoms with van der Waals surface area (Å²) in [7, 11) is 0. The van der Waals surface area contributed by atoms with E-state index in [-0.39, 0.29) is 6.61 Å². The van der Waals surface area contributed by atoms with Gasteiger partial charge in [0.15, 0.2) is 0 Å². The highest BCUT2D eigenvalue weighted by atomic mass is 16.4. The largest absolute Gasteiger partial charge is 0.463 e. The molecular weight excluding hydrogens is 136 g/mol. The highest BCUT2D eigenvalue weighted by molar-refractivity contribution is 5.66. The zero-order valence-electron chi connectivity index (χ0n) is 5.06. The molecule has 0 unspecified atom stereocenters. The fraction of sp³-hybridized carbons (Fsp3) is 0.200. The monoisotopic (exact) mass is 142 g/mol. The molecule has 2 N–H and O–H groups in total. The molecule has 0 spiro atoms. The number of aliphatic hydroxyl groups is 1. The van der Waals surface area contributed by atoms with Crippen molar-refractivity contribution in [3.8, 4) is 0 Å². The van der Waals surface area contributed by atoms with Gasteiger partial charge < -0.3 is 10.2 Å². The first kappa shape index (κ1) is 6.76. The number of hydrogen-bond acceptors (Lipinski definition) is 3. The normalized spacial score (nSPS) is 9.70. The van der Waals surface area contributed by atoms with Crippen molar-refractivity contribution in [1.29, 1.82) is 0 Å². The van der Waals surface area contributed by atoms with Gasteiger partial charge in [-0.2, -0.15) is 9.78 Å². The van der Waals surface area contributed by atoms with Gasteiger partial charge in [-0.15, -0.1) is 0 Å². The Kier molecular flexibility index (Phi) is 1.68. The molecule has 0 amide bonds. The zero-order chi connectivity index (χ0) is 7.56. The van der Waals surface area contributed by atoms with Crippen molar-refractivity contribution in [2.45, 2.75) is 6.61 Å². The molecule has 0 atom stereocenters. The van der Waals surface area contributed by atoms with Gasteiger partial charge in [-0.25, -0.2) is 4.79 Å². The standard InChI is InChI=1S/C5H6N2O3/c8-3-4-1-2-7(6-4)5(9)10/h1-2,8H,3H2,(H,9,10). The van der Waals surface area contributed by atoms with Crippen LogP contribution in [0.2, 0.25) is 0 Å². The molecule has 0 radical (unpaired) electrons. The molecule has 1 heterocycles. The minimum Gasteiger partial charge on any atom is -0.463 e. The van der Waals surface area contributed by atoms with Gasteiger partial charge in [0, 0.05) is 6.20 Å². The average molecular weight is 142 g/mol. The molecule has 0 saturated carbocycles. The Morgan fingerprint density at radius 2 is 2.50 bits per heavy atom. The van der Waals surface area contributed by atoms with Crippen LogP contribution in [0.5, 0.6) is 0 Å². The van der Waals surface area contributed by atoms with Crippen LogP contribution in [0.4, 0.5) is 4.79 Å². The van der Waals surface area contributed by atoms with E-state index in [0.29, 0.717) is 5.69 Å². The minimum atomic E-state index is -1.15. The zero-order valence-corrected chi connectivity index (χ0v) is 5.06. The molecule has 1 rings (SSSR count). The minimum absolute atomic E-state index is 0.236. The SMILES string of the molecule is O=C(O)n1ccc(CO)n1. The van der Waals surface area contributed by atoms with Crippen molar-refractivity contribution in [2.75, 3.05) is 0 Å². The Labute approximate surface area is 56.5 Å². The molecular formula is C5H6N2O3. The number of aromatic nitrogens is 2. The van der Waals surface area contributed by atoms with E-state index >= 15 is 0 Å². The van der Waals surface area contributed by atoms with E-state index in [4.69, 9.17) is 10.2 Å². The lowest BCUT2D eigenvalue weighted by Crippen LogP contribution is -2.08. The van der Waals surface area contributed by atoms with Crippen molar-refractivity contribution in [1.82, 2.24) is 9.78 Å². The van der Waals surface area contributed by atoms with Gasteiger partial charge in [0.25, 0.3) is 0 Å². The van der Waals surface area contributed by atoms with E-state index in [9.17, 15) is 4.79 Å². The Morgan fingerprint density at radius 1 is 1.80 bits per heavy atom. The summed E-state index contributed by atoms with van der Waals surface area (Å²) in [6.07, 6.45) is 0.119. The van der Waals surface area contributed by atoms with Crippen LogP contribution in [0.25, 0.3) is 0 Å². The van der Waals surface area contributed by atoms with Gasteiger partial charge in [-0.05, 0) is 6.07 Å². The van der Waals surface area contributed by atoms with Crippen molar-refractivity contribution in [2.24, 2.45) is 0 Å². The molecule has 1 aromatic rings. The molecule has 10 heavy (non-hydrogen) atoms. The predicted octanol–water partition coefficient (Wildman–Crippen LogP) is -0.0985. The lowest BCUT2D eigenvalue weighted by Gasteiger charge is -1.87. The molecule has 54 valence electrons. The number of nitrogens with zero attached hydrogens (tertiary/aromatic N) is 2. The molecule has 0 saturated heterocycles. The summed E-state index contributed by atoms with van der Waals surface area (Å²) < 4.78 is 0.742. The summed E-state index contributed by atoms with van der Waals surface area (Å²) in [5.74, 6) is 0. The summed E-state index contributed by atoms with van der Waals surface area (Å²) in [6.45, 7) is -0.236. The second-order valence-corrected chi connectivity index (χ2v) is 1.69. The maximum absolute atomic E-state index is 10.1. The first-order valence-electron chi connectivity index (χ1n) is 2.62. The summed E-state index contributed by atoms with van der Waals surface area (Å²) in [4.78, 5) is 10.1. The second-order valence-electron chi connectivity index (χ2n) is 1.69. The number of hydrogen-bond donors (Lipinski definition) is 2. The topological polar surface area (TPSA) is 75.3 Å². The smallest absolute Gasteiger partial charge is 0.432 e. The van der Waals surface area contributed by atoms with Gasteiger partial charge in [0.1, 0.15) is 0 Å². The van der Waals surface area contributed by atoms with Crippen LogP contribution in [0.3, 0.4) is 0 Å². The van der Waals surface area contributed by atoms with Crippen LogP contribution >= 0.6 is 0 Å². The van der Waals surface area contributed by atoms with E-state index < -0.39 is 6.09 Å². The number of carboxylic acid groups (broad SMARTS) is 1. The van der Waals surface area contributed by atoms with E-state index in [1.54, 1.807) is 0 Å². The third kappa shape index (κ3) is 1.14. The maximum atomic E-state index is 10.1. The van der Waals surface area contributed by atoms with Crippen LogP contribution in [-0.2, 0) is 6.61 Å². The summed E-state index contributed by atoms with van der Waals surface area (Å²) in [6, 6.07) is 1.44. The highest BCUT2D eigenvalue weighted by Crippen LogP contribution is 1.93. The first-order chi connectivity index (χ1) is 4.74. The van der Waals surface area contributed by atoms with Gasteiger partial charge in [-0.1, -0.05) is 0 Å². The fourth-order valence-electron chi connectivity index (χ4n) is 0.553. The third-order valence-electron chi connectivity index (χ3n) is 1.00. The van der Waals surface area contributed by atoms with Crippen LogP contribution in [0.15, 0.2) is 12.3 Å². The summed E-state index contributed by atoms with van der Waals surface area (Å²) >= 11 is 0. The van der Waals surface area contributed by atoms with Crippen molar-refractivity contribution >= 4 is 6.09 Å². The van der Waals surface area contributed by atoms with Crippen LogP contribution < -0.4 is 0 Å². The van der Waals surface area contributed by atoms with Gasteiger partial charge in [0.05, 0.1) is 12.3 Å². The number of rotatable bonds is 1. The van der Waals surface area contributed by atoms with Crippen molar-refractivity contribution < 1.29 is 15.0 Å². The fourth-order valence-corrected chi connectivity index (χ4v) is 0.553. The van der Waals surface area contributed by atoms with E-state index in [1.807, 2.05) is 0 Å². The first-order valence-corrected chi connectivity index (χ1v) is 2.62. The van der Waals surface area contributed by atoms with Crippen LogP contribution in [0.1, 0.15) is 5.69 Å². The molecule has 1 aromatic heterocycles. The summed E-state index contributed by atoms with van der Waals surface area (Å²) in [5.41, 5.74) is 0.349. The van der Waals surface area contributed by atoms with Crippen molar-refractivity contribution in [3.05, 3.63) is 18.0 Å². The Morgan fingerprint density at radius 3 is 2.80 bits per heavy atom. The average Bonchev–Trinajstić information content (AvgIpc) is 2.34. The molecule has 0 fully saturated rings. The second kappa shape index (κ2) is 2.49. The van der Waals surface area contributed by atoms with Crippen LogP contribution in [0, 0.1) is 0 Å².